The normalized spacial score (nSPS) is 12.7. The van der Waals surface area contributed by atoms with Gasteiger partial charge in [0.1, 0.15) is 6.10 Å². The van der Waals surface area contributed by atoms with Crippen LogP contribution in [0.3, 0.4) is 0 Å². The first kappa shape index (κ1) is 14.9. The van der Waals surface area contributed by atoms with Gasteiger partial charge in [0.2, 0.25) is 0 Å². The molecule has 0 aliphatic carbocycles. The first-order valence-electron chi connectivity index (χ1n) is 5.55. The van der Waals surface area contributed by atoms with Crippen LogP contribution in [-0.4, -0.2) is 28.8 Å². The fourth-order valence-electron chi connectivity index (χ4n) is 1.16. The van der Waals surface area contributed by atoms with Crippen LogP contribution in [0.2, 0.25) is 0 Å². The SMILES string of the molecule is C=C(/C=C\NC(=O)[C@@H](O)CCCO)CCC. The van der Waals surface area contributed by atoms with E-state index in [0.717, 1.165) is 18.4 Å². The maximum absolute atomic E-state index is 11.3. The molecule has 1 amide bonds. The van der Waals surface area contributed by atoms with Crippen molar-refractivity contribution in [3.05, 3.63) is 24.4 Å². The minimum atomic E-state index is -1.06. The summed E-state index contributed by atoms with van der Waals surface area (Å²) < 4.78 is 0. The lowest BCUT2D eigenvalue weighted by Gasteiger charge is -2.07. The van der Waals surface area contributed by atoms with E-state index in [-0.39, 0.29) is 13.0 Å². The number of aliphatic hydroxyl groups excluding tert-OH is 2. The average Bonchev–Trinajstić information content (AvgIpc) is 2.26. The van der Waals surface area contributed by atoms with Crippen molar-refractivity contribution in [1.29, 1.82) is 0 Å². The monoisotopic (exact) mass is 227 g/mol. The van der Waals surface area contributed by atoms with E-state index in [0.29, 0.717) is 6.42 Å². The third-order valence-electron chi connectivity index (χ3n) is 2.05. The lowest BCUT2D eigenvalue weighted by molar-refractivity contribution is -0.128. The molecule has 0 aromatic carbocycles. The Kier molecular flexibility index (Phi) is 8.48. The fraction of sp³-hybridized carbons (Fsp3) is 0.583. The van der Waals surface area contributed by atoms with Crippen molar-refractivity contribution in [3.8, 4) is 0 Å². The van der Waals surface area contributed by atoms with Crippen LogP contribution >= 0.6 is 0 Å². The van der Waals surface area contributed by atoms with Crippen LogP contribution in [0.1, 0.15) is 32.6 Å². The van der Waals surface area contributed by atoms with Crippen LogP contribution < -0.4 is 5.32 Å². The molecular weight excluding hydrogens is 206 g/mol. The lowest BCUT2D eigenvalue weighted by Crippen LogP contribution is -2.31. The molecule has 0 spiro atoms. The topological polar surface area (TPSA) is 69.6 Å². The predicted octanol–water partition coefficient (Wildman–Crippen LogP) is 1.11. The molecule has 0 saturated heterocycles. The quantitative estimate of drug-likeness (QED) is 0.544. The molecule has 0 unspecified atom stereocenters. The van der Waals surface area contributed by atoms with Gasteiger partial charge in [-0.3, -0.25) is 4.79 Å². The van der Waals surface area contributed by atoms with Crippen LogP contribution in [0.4, 0.5) is 0 Å². The second-order valence-corrected chi connectivity index (χ2v) is 3.63. The van der Waals surface area contributed by atoms with E-state index < -0.39 is 12.0 Å². The second kappa shape index (κ2) is 9.12. The molecule has 0 rings (SSSR count). The summed E-state index contributed by atoms with van der Waals surface area (Å²) in [5, 5.41) is 20.3. The maximum atomic E-state index is 11.3. The highest BCUT2D eigenvalue weighted by Crippen LogP contribution is 2.02. The number of carbonyl (C=O) groups excluding carboxylic acids is 1. The van der Waals surface area contributed by atoms with E-state index in [1.165, 1.54) is 6.20 Å². The lowest BCUT2D eigenvalue weighted by atomic mass is 10.2. The van der Waals surface area contributed by atoms with E-state index in [9.17, 15) is 9.90 Å². The van der Waals surface area contributed by atoms with Crippen LogP contribution in [0.15, 0.2) is 24.4 Å². The fourth-order valence-corrected chi connectivity index (χ4v) is 1.16. The van der Waals surface area contributed by atoms with Gasteiger partial charge < -0.3 is 15.5 Å². The Bertz CT molecular complexity index is 249. The van der Waals surface area contributed by atoms with Gasteiger partial charge in [0.25, 0.3) is 5.91 Å². The highest BCUT2D eigenvalue weighted by Gasteiger charge is 2.12. The van der Waals surface area contributed by atoms with E-state index in [2.05, 4.69) is 18.8 Å². The standard InChI is InChI=1S/C12H21NO3/c1-3-5-10(2)7-8-13-12(16)11(15)6-4-9-14/h7-8,11,14-15H,2-6,9H2,1H3,(H,13,16)/b8-7-/t11-/m0/s1. The summed E-state index contributed by atoms with van der Waals surface area (Å²) in [5.41, 5.74) is 0.938. The number of hydrogen-bond donors (Lipinski definition) is 3. The van der Waals surface area contributed by atoms with Crippen molar-refractivity contribution < 1.29 is 15.0 Å². The van der Waals surface area contributed by atoms with Crippen molar-refractivity contribution in [2.24, 2.45) is 0 Å². The van der Waals surface area contributed by atoms with Crippen LogP contribution in [0.5, 0.6) is 0 Å². The minimum Gasteiger partial charge on any atom is -0.396 e. The molecule has 4 heteroatoms. The third-order valence-corrected chi connectivity index (χ3v) is 2.05. The zero-order valence-electron chi connectivity index (χ0n) is 9.78. The van der Waals surface area contributed by atoms with Crippen molar-refractivity contribution >= 4 is 5.91 Å². The highest BCUT2D eigenvalue weighted by atomic mass is 16.3. The Morgan fingerprint density at radius 2 is 2.25 bits per heavy atom. The maximum Gasteiger partial charge on any atom is 0.252 e. The summed E-state index contributed by atoms with van der Waals surface area (Å²) in [5.74, 6) is -0.450. The molecule has 3 N–H and O–H groups in total. The number of amides is 1. The molecular formula is C12H21NO3. The van der Waals surface area contributed by atoms with Crippen molar-refractivity contribution in [1.82, 2.24) is 5.32 Å². The number of hydrogen-bond acceptors (Lipinski definition) is 3. The van der Waals surface area contributed by atoms with Gasteiger partial charge in [-0.15, -0.1) is 0 Å². The van der Waals surface area contributed by atoms with E-state index >= 15 is 0 Å². The summed E-state index contributed by atoms with van der Waals surface area (Å²) in [6.07, 6.45) is 4.74. The Balaban J connectivity index is 3.83. The van der Waals surface area contributed by atoms with Crippen LogP contribution in [-0.2, 0) is 4.79 Å². The van der Waals surface area contributed by atoms with E-state index in [1.54, 1.807) is 6.08 Å². The molecule has 0 aliphatic heterocycles. The van der Waals surface area contributed by atoms with Gasteiger partial charge in [-0.2, -0.15) is 0 Å². The summed E-state index contributed by atoms with van der Waals surface area (Å²) in [6, 6.07) is 0. The molecule has 0 saturated carbocycles. The van der Waals surface area contributed by atoms with Gasteiger partial charge in [-0.1, -0.05) is 25.5 Å². The molecule has 92 valence electrons. The molecule has 0 aliphatic rings. The Hall–Kier alpha value is -1.13. The molecule has 0 radical (unpaired) electrons. The predicted molar refractivity (Wildman–Crippen MR) is 63.7 cm³/mol. The number of nitrogens with one attached hydrogen (secondary N) is 1. The number of aliphatic hydroxyl groups is 2. The summed E-state index contributed by atoms with van der Waals surface area (Å²) in [7, 11) is 0. The Labute approximate surface area is 96.7 Å². The minimum absolute atomic E-state index is 0.0204. The van der Waals surface area contributed by atoms with Crippen molar-refractivity contribution in [2.75, 3.05) is 6.61 Å². The molecule has 0 heterocycles. The van der Waals surface area contributed by atoms with Gasteiger partial charge in [0.15, 0.2) is 0 Å². The van der Waals surface area contributed by atoms with Gasteiger partial charge in [-0.25, -0.2) is 0 Å². The summed E-state index contributed by atoms with van der Waals surface area (Å²) in [6.45, 7) is 5.83. The number of carbonyl (C=O) groups is 1. The Morgan fingerprint density at radius 3 is 2.81 bits per heavy atom. The van der Waals surface area contributed by atoms with Crippen LogP contribution in [0.25, 0.3) is 0 Å². The second-order valence-electron chi connectivity index (χ2n) is 3.63. The van der Waals surface area contributed by atoms with E-state index in [4.69, 9.17) is 5.11 Å². The highest BCUT2D eigenvalue weighted by molar-refractivity contribution is 5.81. The van der Waals surface area contributed by atoms with Crippen molar-refractivity contribution in [2.45, 2.75) is 38.7 Å². The van der Waals surface area contributed by atoms with E-state index in [1.807, 2.05) is 0 Å². The zero-order valence-corrected chi connectivity index (χ0v) is 9.78. The first-order valence-corrected chi connectivity index (χ1v) is 5.55. The van der Waals surface area contributed by atoms with Gasteiger partial charge in [0.05, 0.1) is 0 Å². The average molecular weight is 227 g/mol. The molecule has 0 bridgehead atoms. The molecule has 0 aromatic rings. The largest absolute Gasteiger partial charge is 0.396 e. The summed E-state index contributed by atoms with van der Waals surface area (Å²) in [4.78, 5) is 11.3. The zero-order chi connectivity index (χ0) is 12.4. The van der Waals surface area contributed by atoms with Crippen LogP contribution in [0, 0.1) is 0 Å². The molecule has 4 nitrogen and oxygen atoms in total. The first-order chi connectivity index (χ1) is 7.61. The summed E-state index contributed by atoms with van der Waals surface area (Å²) >= 11 is 0. The Morgan fingerprint density at radius 1 is 1.56 bits per heavy atom. The van der Waals surface area contributed by atoms with Gasteiger partial charge in [-0.05, 0) is 25.3 Å². The van der Waals surface area contributed by atoms with Gasteiger partial charge in [0, 0.05) is 12.8 Å². The molecule has 16 heavy (non-hydrogen) atoms. The molecule has 1 atom stereocenters. The third kappa shape index (κ3) is 7.20. The number of allylic oxidation sites excluding steroid dienone is 2. The number of rotatable bonds is 8. The van der Waals surface area contributed by atoms with Gasteiger partial charge >= 0.3 is 0 Å². The molecule has 0 fully saturated rings. The van der Waals surface area contributed by atoms with Crippen molar-refractivity contribution in [3.63, 3.8) is 0 Å². The smallest absolute Gasteiger partial charge is 0.252 e. The molecule has 0 aromatic heterocycles.